The molecule has 4 aromatic heterocycles. The zero-order valence-electron chi connectivity index (χ0n) is 18.0. The van der Waals surface area contributed by atoms with Crippen molar-refractivity contribution in [3.63, 3.8) is 0 Å². The molecular weight excluding hydrogens is 425 g/mol. The van der Waals surface area contributed by atoms with E-state index in [1.165, 1.54) is 13.0 Å². The zero-order valence-corrected chi connectivity index (χ0v) is 18.0. The first-order valence-electron chi connectivity index (χ1n) is 10.7. The van der Waals surface area contributed by atoms with Crippen LogP contribution in [0.3, 0.4) is 0 Å². The lowest BCUT2D eigenvalue weighted by atomic mass is 10.0. The molecule has 9 heteroatoms. The summed E-state index contributed by atoms with van der Waals surface area (Å²) < 4.78 is 26.2. The number of aromatic nitrogens is 4. The van der Waals surface area contributed by atoms with E-state index >= 15 is 0 Å². The fourth-order valence-electron chi connectivity index (χ4n) is 3.98. The molecule has 0 aliphatic carbocycles. The van der Waals surface area contributed by atoms with Crippen LogP contribution in [0.25, 0.3) is 33.5 Å². The number of amides is 1. The molecule has 1 aliphatic rings. The van der Waals surface area contributed by atoms with E-state index in [0.29, 0.717) is 52.8 Å². The number of halogens is 1. The Balaban J connectivity index is 1.66. The smallest absolute Gasteiger partial charge is 0.222 e. The van der Waals surface area contributed by atoms with Gasteiger partial charge in [-0.2, -0.15) is 4.39 Å². The third-order valence-electron chi connectivity index (χ3n) is 5.41. The normalized spacial score (nSPS) is 15.6. The Morgan fingerprint density at radius 1 is 1.27 bits per heavy atom. The Morgan fingerprint density at radius 3 is 2.94 bits per heavy atom. The minimum Gasteiger partial charge on any atom is -0.488 e. The van der Waals surface area contributed by atoms with Crippen LogP contribution in [0, 0.1) is 5.95 Å². The molecule has 8 nitrogen and oxygen atoms in total. The summed E-state index contributed by atoms with van der Waals surface area (Å²) in [5.74, 6) is -0.122. The number of ether oxygens (including phenoxy) is 2. The summed E-state index contributed by atoms with van der Waals surface area (Å²) in [6.45, 7) is 2.46. The molecule has 0 radical (unpaired) electrons. The van der Waals surface area contributed by atoms with Crippen LogP contribution >= 0.6 is 0 Å². The maximum absolute atomic E-state index is 14.6. The zero-order chi connectivity index (χ0) is 22.8. The van der Waals surface area contributed by atoms with Crippen molar-refractivity contribution in [3.05, 3.63) is 54.7 Å². The molecule has 0 bridgehead atoms. The minimum atomic E-state index is -0.652. The van der Waals surface area contributed by atoms with Crippen molar-refractivity contribution < 1.29 is 18.7 Å². The quantitative estimate of drug-likeness (QED) is 0.426. The van der Waals surface area contributed by atoms with Gasteiger partial charge in [0.1, 0.15) is 29.2 Å². The topological polar surface area (TPSA) is 102 Å². The first-order chi connectivity index (χ1) is 16.1. The SMILES string of the molecule is CC(=O)Nc1cc(-c2[nH]c3c(OCC4CCCO4)cc(F)nc3c2-c2ccccn2)ccn1. The van der Waals surface area contributed by atoms with Crippen molar-refractivity contribution in [2.75, 3.05) is 18.5 Å². The number of fused-ring (bicyclic) bond motifs is 1. The molecule has 1 atom stereocenters. The van der Waals surface area contributed by atoms with Gasteiger partial charge in [0.2, 0.25) is 11.9 Å². The van der Waals surface area contributed by atoms with Crippen LogP contribution in [0.4, 0.5) is 10.2 Å². The number of aromatic amines is 1. The predicted molar refractivity (Wildman–Crippen MR) is 121 cm³/mol. The van der Waals surface area contributed by atoms with Gasteiger partial charge in [-0.1, -0.05) is 6.07 Å². The van der Waals surface area contributed by atoms with Gasteiger partial charge in [-0.05, 0) is 37.1 Å². The highest BCUT2D eigenvalue weighted by atomic mass is 19.1. The van der Waals surface area contributed by atoms with Gasteiger partial charge in [-0.25, -0.2) is 9.97 Å². The van der Waals surface area contributed by atoms with Gasteiger partial charge in [-0.15, -0.1) is 0 Å². The number of carbonyl (C=O) groups excluding carboxylic acids is 1. The van der Waals surface area contributed by atoms with E-state index in [2.05, 4.69) is 25.3 Å². The highest BCUT2D eigenvalue weighted by Crippen LogP contribution is 2.40. The van der Waals surface area contributed by atoms with Gasteiger partial charge in [0.05, 0.1) is 23.1 Å². The Labute approximate surface area is 189 Å². The van der Waals surface area contributed by atoms with Crippen LogP contribution in [0.5, 0.6) is 5.75 Å². The van der Waals surface area contributed by atoms with Gasteiger partial charge in [-0.3, -0.25) is 9.78 Å². The first kappa shape index (κ1) is 21.0. The molecule has 1 fully saturated rings. The predicted octanol–water partition coefficient (Wildman–Crippen LogP) is 4.34. The molecule has 5 rings (SSSR count). The number of H-pyrrole nitrogens is 1. The Bertz CT molecular complexity index is 1300. The highest BCUT2D eigenvalue weighted by molar-refractivity contribution is 6.03. The van der Waals surface area contributed by atoms with Gasteiger partial charge in [0.15, 0.2) is 0 Å². The van der Waals surface area contributed by atoms with E-state index in [9.17, 15) is 9.18 Å². The minimum absolute atomic E-state index is 0.0126. The Kier molecular flexibility index (Phi) is 5.70. The molecule has 0 aromatic carbocycles. The number of carbonyl (C=O) groups is 1. The van der Waals surface area contributed by atoms with E-state index in [4.69, 9.17) is 9.47 Å². The average molecular weight is 447 g/mol. The van der Waals surface area contributed by atoms with Gasteiger partial charge in [0, 0.05) is 37.6 Å². The lowest BCUT2D eigenvalue weighted by molar-refractivity contribution is -0.114. The third kappa shape index (κ3) is 4.40. The third-order valence-corrected chi connectivity index (χ3v) is 5.41. The van der Waals surface area contributed by atoms with Gasteiger partial charge in [0.25, 0.3) is 0 Å². The van der Waals surface area contributed by atoms with Crippen molar-refractivity contribution in [1.29, 1.82) is 0 Å². The van der Waals surface area contributed by atoms with Crippen molar-refractivity contribution >= 4 is 22.8 Å². The molecule has 1 aliphatic heterocycles. The molecule has 1 saturated heterocycles. The summed E-state index contributed by atoms with van der Waals surface area (Å²) in [6.07, 6.45) is 5.15. The van der Waals surface area contributed by atoms with Crippen molar-refractivity contribution in [2.45, 2.75) is 25.9 Å². The summed E-state index contributed by atoms with van der Waals surface area (Å²) in [4.78, 5) is 27.7. The van der Waals surface area contributed by atoms with Crippen LogP contribution in [0.2, 0.25) is 0 Å². The maximum Gasteiger partial charge on any atom is 0.222 e. The molecule has 168 valence electrons. The summed E-state index contributed by atoms with van der Waals surface area (Å²) in [7, 11) is 0. The molecule has 33 heavy (non-hydrogen) atoms. The molecule has 0 spiro atoms. The number of anilines is 1. The number of pyridine rings is 3. The standard InChI is InChI=1S/C24H22FN5O3/c1-14(31)28-20-11-15(7-9-27-20)22-21(17-6-2-3-8-26-17)24-23(30-22)18(12-19(25)29-24)33-13-16-5-4-10-32-16/h2-3,6-9,11-12,16,30H,4-5,10,13H2,1H3,(H,27,28,31). The van der Waals surface area contributed by atoms with Crippen LogP contribution in [-0.2, 0) is 9.53 Å². The maximum atomic E-state index is 14.6. The molecule has 1 unspecified atom stereocenters. The van der Waals surface area contributed by atoms with Gasteiger partial charge < -0.3 is 19.8 Å². The fourth-order valence-corrected chi connectivity index (χ4v) is 3.98. The number of hydrogen-bond donors (Lipinski definition) is 2. The Hall–Kier alpha value is -3.85. The summed E-state index contributed by atoms with van der Waals surface area (Å²) in [5.41, 5.74) is 3.62. The van der Waals surface area contributed by atoms with E-state index in [1.807, 2.05) is 18.2 Å². The highest BCUT2D eigenvalue weighted by Gasteiger charge is 2.23. The van der Waals surface area contributed by atoms with Crippen LogP contribution in [0.15, 0.2) is 48.8 Å². The molecule has 0 saturated carbocycles. The molecular formula is C24H22FN5O3. The van der Waals surface area contributed by atoms with E-state index in [-0.39, 0.29) is 12.0 Å². The lowest BCUT2D eigenvalue weighted by Gasteiger charge is -2.12. The monoisotopic (exact) mass is 447 g/mol. The average Bonchev–Trinajstić information content (AvgIpc) is 3.46. The summed E-state index contributed by atoms with van der Waals surface area (Å²) in [5, 5.41) is 2.69. The summed E-state index contributed by atoms with van der Waals surface area (Å²) in [6, 6.07) is 10.3. The van der Waals surface area contributed by atoms with Gasteiger partial charge >= 0.3 is 0 Å². The molecule has 4 aromatic rings. The number of nitrogens with zero attached hydrogens (tertiary/aromatic N) is 3. The molecule has 5 heterocycles. The second-order valence-electron chi connectivity index (χ2n) is 7.81. The lowest BCUT2D eigenvalue weighted by Crippen LogP contribution is -2.16. The fraction of sp³-hybridized carbons (Fsp3) is 0.250. The van der Waals surface area contributed by atoms with Crippen LogP contribution in [0.1, 0.15) is 19.8 Å². The molecule has 2 N–H and O–H groups in total. The van der Waals surface area contributed by atoms with E-state index < -0.39 is 5.95 Å². The number of rotatable bonds is 6. The number of hydrogen-bond acceptors (Lipinski definition) is 6. The van der Waals surface area contributed by atoms with Crippen molar-refractivity contribution in [2.24, 2.45) is 0 Å². The summed E-state index contributed by atoms with van der Waals surface area (Å²) >= 11 is 0. The first-order valence-corrected chi connectivity index (χ1v) is 10.7. The van der Waals surface area contributed by atoms with Crippen LogP contribution in [-0.4, -0.2) is 45.2 Å². The van der Waals surface area contributed by atoms with Crippen molar-refractivity contribution in [3.8, 4) is 28.3 Å². The van der Waals surface area contributed by atoms with E-state index in [0.717, 1.165) is 18.4 Å². The second kappa shape index (κ2) is 8.95. The molecule has 1 amide bonds. The van der Waals surface area contributed by atoms with Crippen LogP contribution < -0.4 is 10.1 Å². The van der Waals surface area contributed by atoms with Crippen molar-refractivity contribution in [1.82, 2.24) is 19.9 Å². The number of nitrogens with one attached hydrogen (secondary N) is 2. The Morgan fingerprint density at radius 2 is 2.18 bits per heavy atom. The second-order valence-corrected chi connectivity index (χ2v) is 7.81. The largest absolute Gasteiger partial charge is 0.488 e. The van der Waals surface area contributed by atoms with E-state index in [1.54, 1.807) is 24.5 Å².